The molecule has 1 unspecified atom stereocenters. The Labute approximate surface area is 174 Å². The molecular formula is C21H24N4O5. The van der Waals surface area contributed by atoms with Crippen LogP contribution in [0.2, 0.25) is 0 Å². The minimum absolute atomic E-state index is 0.0119. The third-order valence-electron chi connectivity index (χ3n) is 4.79. The van der Waals surface area contributed by atoms with E-state index in [2.05, 4.69) is 31.1 Å². The highest BCUT2D eigenvalue weighted by Crippen LogP contribution is 2.34. The third kappa shape index (κ3) is 4.40. The summed E-state index contributed by atoms with van der Waals surface area (Å²) in [6, 6.07) is 10.1. The molecule has 30 heavy (non-hydrogen) atoms. The molecule has 0 radical (unpaired) electrons. The standard InChI is InChI=1S/C21H24N4O5/c1-5-15-20(27)24(19-16(30-15)10-11-17(23-19)25(28)29)12-18(26)22-14-8-6-13(7-9-14)21(2,3)4/h6-11,15H,5,12H2,1-4H3,(H,22,26). The van der Waals surface area contributed by atoms with Crippen LogP contribution in [0.15, 0.2) is 36.4 Å². The fourth-order valence-corrected chi connectivity index (χ4v) is 3.10. The average molecular weight is 412 g/mol. The number of nitrogens with one attached hydrogen (secondary N) is 1. The van der Waals surface area contributed by atoms with Crippen molar-refractivity contribution in [3.05, 3.63) is 52.1 Å². The second-order valence-corrected chi connectivity index (χ2v) is 8.06. The molecule has 0 saturated heterocycles. The molecular weight excluding hydrogens is 388 g/mol. The number of carbonyl (C=O) groups excluding carboxylic acids is 2. The molecule has 3 rings (SSSR count). The van der Waals surface area contributed by atoms with Gasteiger partial charge in [0.05, 0.1) is 0 Å². The highest BCUT2D eigenvalue weighted by atomic mass is 16.6. The summed E-state index contributed by atoms with van der Waals surface area (Å²) in [6.45, 7) is 7.73. The van der Waals surface area contributed by atoms with Gasteiger partial charge in [0.15, 0.2) is 11.9 Å². The van der Waals surface area contributed by atoms with E-state index < -0.39 is 28.7 Å². The van der Waals surface area contributed by atoms with Crippen LogP contribution in [-0.4, -0.2) is 34.4 Å². The molecule has 0 bridgehead atoms. The van der Waals surface area contributed by atoms with Crippen molar-refractivity contribution < 1.29 is 19.2 Å². The number of fused-ring (bicyclic) bond motifs is 1. The van der Waals surface area contributed by atoms with E-state index >= 15 is 0 Å². The van der Waals surface area contributed by atoms with Crippen molar-refractivity contribution in [1.29, 1.82) is 0 Å². The normalized spacial score (nSPS) is 15.9. The average Bonchev–Trinajstić information content (AvgIpc) is 2.69. The Hall–Kier alpha value is -3.49. The van der Waals surface area contributed by atoms with Crippen LogP contribution in [0.25, 0.3) is 0 Å². The van der Waals surface area contributed by atoms with Crippen LogP contribution in [0.5, 0.6) is 5.75 Å². The summed E-state index contributed by atoms with van der Waals surface area (Å²) in [6.07, 6.45) is -0.388. The van der Waals surface area contributed by atoms with Gasteiger partial charge >= 0.3 is 5.82 Å². The van der Waals surface area contributed by atoms with Crippen molar-refractivity contribution in [2.24, 2.45) is 0 Å². The first kappa shape index (κ1) is 21.2. The molecule has 0 spiro atoms. The summed E-state index contributed by atoms with van der Waals surface area (Å²) in [5.41, 5.74) is 1.70. The molecule has 9 nitrogen and oxygen atoms in total. The van der Waals surface area contributed by atoms with Crippen molar-refractivity contribution in [3.63, 3.8) is 0 Å². The quantitative estimate of drug-likeness (QED) is 0.594. The van der Waals surface area contributed by atoms with E-state index in [9.17, 15) is 19.7 Å². The highest BCUT2D eigenvalue weighted by molar-refractivity contribution is 6.05. The lowest BCUT2D eigenvalue weighted by atomic mass is 9.87. The maximum atomic E-state index is 12.8. The molecule has 2 heterocycles. The number of ether oxygens (including phenoxy) is 1. The van der Waals surface area contributed by atoms with Crippen LogP contribution >= 0.6 is 0 Å². The number of nitro groups is 1. The van der Waals surface area contributed by atoms with Crippen molar-refractivity contribution in [2.45, 2.75) is 45.6 Å². The molecule has 1 aromatic carbocycles. The predicted octanol–water partition coefficient (Wildman–Crippen LogP) is 3.43. The maximum absolute atomic E-state index is 12.8. The number of nitrogens with zero attached hydrogens (tertiary/aromatic N) is 3. The van der Waals surface area contributed by atoms with E-state index in [1.54, 1.807) is 19.1 Å². The van der Waals surface area contributed by atoms with Crippen molar-refractivity contribution in [3.8, 4) is 5.75 Å². The van der Waals surface area contributed by atoms with Crippen LogP contribution in [0.3, 0.4) is 0 Å². The Balaban J connectivity index is 1.82. The minimum atomic E-state index is -0.778. The summed E-state index contributed by atoms with van der Waals surface area (Å²) >= 11 is 0. The van der Waals surface area contributed by atoms with Crippen LogP contribution in [0.4, 0.5) is 17.3 Å². The third-order valence-corrected chi connectivity index (χ3v) is 4.79. The first-order chi connectivity index (χ1) is 14.1. The molecule has 0 aliphatic carbocycles. The molecule has 1 aromatic heterocycles. The summed E-state index contributed by atoms with van der Waals surface area (Å²) in [5.74, 6) is -1.13. The number of rotatable bonds is 5. The number of aromatic nitrogens is 1. The van der Waals surface area contributed by atoms with Gasteiger partial charge in [-0.2, -0.15) is 0 Å². The van der Waals surface area contributed by atoms with Gasteiger partial charge in [-0.1, -0.05) is 39.8 Å². The minimum Gasteiger partial charge on any atom is -0.474 e. The molecule has 2 aromatic rings. The molecule has 1 atom stereocenters. The van der Waals surface area contributed by atoms with E-state index in [-0.39, 0.29) is 23.5 Å². The van der Waals surface area contributed by atoms with Crippen molar-refractivity contribution >= 4 is 29.1 Å². The number of anilines is 2. The summed E-state index contributed by atoms with van der Waals surface area (Å²) in [5, 5.41) is 13.8. The first-order valence-corrected chi connectivity index (χ1v) is 9.64. The van der Waals surface area contributed by atoms with Crippen LogP contribution in [0, 0.1) is 10.1 Å². The summed E-state index contributed by atoms with van der Waals surface area (Å²) in [4.78, 5) is 40.8. The van der Waals surface area contributed by atoms with Crippen LogP contribution in [-0.2, 0) is 15.0 Å². The number of hydrogen-bond acceptors (Lipinski definition) is 6. The molecule has 1 N–H and O–H groups in total. The molecule has 1 aliphatic heterocycles. The van der Waals surface area contributed by atoms with Gasteiger partial charge in [-0.05, 0) is 45.5 Å². The van der Waals surface area contributed by atoms with Crippen molar-refractivity contribution in [1.82, 2.24) is 4.98 Å². The number of hydrogen-bond donors (Lipinski definition) is 1. The molecule has 1 aliphatic rings. The smallest absolute Gasteiger partial charge is 0.366 e. The van der Waals surface area contributed by atoms with Gasteiger partial charge < -0.3 is 20.2 Å². The van der Waals surface area contributed by atoms with Crippen LogP contribution in [0.1, 0.15) is 39.7 Å². The zero-order valence-electron chi connectivity index (χ0n) is 17.3. The Morgan fingerprint density at radius 2 is 1.90 bits per heavy atom. The van der Waals surface area contributed by atoms with E-state index in [0.717, 1.165) is 10.5 Å². The topological polar surface area (TPSA) is 115 Å². The van der Waals surface area contributed by atoms with Gasteiger partial charge in [-0.25, -0.2) is 0 Å². The molecule has 158 valence electrons. The predicted molar refractivity (Wildman–Crippen MR) is 112 cm³/mol. The molecule has 0 saturated carbocycles. The zero-order chi connectivity index (χ0) is 22.1. The maximum Gasteiger partial charge on any atom is 0.366 e. The van der Waals surface area contributed by atoms with Gasteiger partial charge in [-0.15, -0.1) is 0 Å². The molecule has 9 heteroatoms. The van der Waals surface area contributed by atoms with Gasteiger partial charge in [-0.3, -0.25) is 14.5 Å². The van der Waals surface area contributed by atoms with Gasteiger partial charge in [0.2, 0.25) is 5.91 Å². The second kappa shape index (κ2) is 8.10. The molecule has 0 fully saturated rings. The van der Waals surface area contributed by atoms with Gasteiger partial charge in [0.25, 0.3) is 11.7 Å². The van der Waals surface area contributed by atoms with E-state index in [1.807, 2.05) is 12.1 Å². The SMILES string of the molecule is CCC1Oc2ccc([N+](=O)[O-])nc2N(CC(=O)Nc2ccc(C(C)(C)C)cc2)C1=O. The Morgan fingerprint density at radius 3 is 2.47 bits per heavy atom. The van der Waals surface area contributed by atoms with Crippen molar-refractivity contribution in [2.75, 3.05) is 16.8 Å². The van der Waals surface area contributed by atoms with Crippen LogP contribution < -0.4 is 15.0 Å². The Bertz CT molecular complexity index is 982. The lowest BCUT2D eigenvalue weighted by Crippen LogP contribution is -2.49. The highest BCUT2D eigenvalue weighted by Gasteiger charge is 2.39. The largest absolute Gasteiger partial charge is 0.474 e. The number of benzene rings is 1. The fourth-order valence-electron chi connectivity index (χ4n) is 3.10. The van der Waals surface area contributed by atoms with E-state index in [4.69, 9.17) is 4.74 Å². The first-order valence-electron chi connectivity index (χ1n) is 9.64. The van der Waals surface area contributed by atoms with E-state index in [0.29, 0.717) is 12.1 Å². The number of amides is 2. The monoisotopic (exact) mass is 412 g/mol. The number of pyridine rings is 1. The van der Waals surface area contributed by atoms with E-state index in [1.165, 1.54) is 12.1 Å². The number of carbonyl (C=O) groups is 2. The van der Waals surface area contributed by atoms with Gasteiger partial charge in [0, 0.05) is 11.8 Å². The Kier molecular flexibility index (Phi) is 5.73. The lowest BCUT2D eigenvalue weighted by molar-refractivity contribution is -0.389. The Morgan fingerprint density at radius 1 is 1.23 bits per heavy atom. The molecule has 2 amide bonds. The second-order valence-electron chi connectivity index (χ2n) is 8.06. The summed E-state index contributed by atoms with van der Waals surface area (Å²) < 4.78 is 5.60. The van der Waals surface area contributed by atoms with Gasteiger partial charge in [0.1, 0.15) is 6.54 Å². The summed E-state index contributed by atoms with van der Waals surface area (Å²) in [7, 11) is 0. The zero-order valence-corrected chi connectivity index (χ0v) is 17.3. The fraction of sp³-hybridized carbons (Fsp3) is 0.381. The lowest BCUT2D eigenvalue weighted by Gasteiger charge is -2.30.